The summed E-state index contributed by atoms with van der Waals surface area (Å²) in [5.41, 5.74) is 9.89. The van der Waals surface area contributed by atoms with E-state index in [9.17, 15) is 8.78 Å². The van der Waals surface area contributed by atoms with Gasteiger partial charge in [-0.1, -0.05) is 25.8 Å². The molecule has 0 amide bonds. The number of anilines is 2. The molecule has 0 saturated heterocycles. The SMILES string of the molecule is CC/C=C1/Nc2cc(CNC3CCCCC3F)c(F)cc2N1C.NCc1cccn2ccnc12. The van der Waals surface area contributed by atoms with Gasteiger partial charge in [0.15, 0.2) is 0 Å². The molecule has 0 bridgehead atoms. The number of halogens is 2. The van der Waals surface area contributed by atoms with Crippen LogP contribution in [0.1, 0.15) is 50.2 Å². The molecule has 3 aromatic rings. The Morgan fingerprint density at radius 1 is 1.24 bits per heavy atom. The Kier molecular flexibility index (Phi) is 7.80. The van der Waals surface area contributed by atoms with Gasteiger partial charge in [-0.15, -0.1) is 0 Å². The lowest BCUT2D eigenvalue weighted by atomic mass is 9.93. The first-order chi connectivity index (χ1) is 16.5. The zero-order valence-corrected chi connectivity index (χ0v) is 19.9. The van der Waals surface area contributed by atoms with Crippen LogP contribution in [0.15, 0.2) is 54.8 Å². The van der Waals surface area contributed by atoms with E-state index in [-0.39, 0.29) is 11.9 Å². The highest BCUT2D eigenvalue weighted by Gasteiger charge is 2.26. The smallest absolute Gasteiger partial charge is 0.141 e. The predicted molar refractivity (Wildman–Crippen MR) is 134 cm³/mol. The minimum atomic E-state index is -0.815. The fourth-order valence-electron chi connectivity index (χ4n) is 4.58. The third-order valence-electron chi connectivity index (χ3n) is 6.50. The maximum atomic E-state index is 14.4. The summed E-state index contributed by atoms with van der Waals surface area (Å²) in [5.74, 6) is 0.733. The first-order valence-electron chi connectivity index (χ1n) is 12.0. The molecule has 0 radical (unpaired) electrons. The molecule has 0 spiro atoms. The number of hydrogen-bond donors (Lipinski definition) is 3. The second-order valence-electron chi connectivity index (χ2n) is 8.83. The molecule has 2 aliphatic rings. The van der Waals surface area contributed by atoms with Gasteiger partial charge in [0, 0.05) is 62.0 Å². The van der Waals surface area contributed by atoms with Crippen LogP contribution >= 0.6 is 0 Å². The van der Waals surface area contributed by atoms with Crippen LogP contribution in [-0.4, -0.2) is 28.6 Å². The summed E-state index contributed by atoms with van der Waals surface area (Å²) in [4.78, 5) is 6.13. The van der Waals surface area contributed by atoms with Crippen molar-refractivity contribution in [3.63, 3.8) is 0 Å². The lowest BCUT2D eigenvalue weighted by Gasteiger charge is -2.27. The number of fused-ring (bicyclic) bond motifs is 2. The van der Waals surface area contributed by atoms with E-state index in [1.165, 1.54) is 0 Å². The van der Waals surface area contributed by atoms with Crippen LogP contribution in [0.25, 0.3) is 5.65 Å². The molecule has 2 aromatic heterocycles. The molecule has 2 atom stereocenters. The van der Waals surface area contributed by atoms with Gasteiger partial charge in [-0.25, -0.2) is 13.8 Å². The molecule has 4 N–H and O–H groups in total. The second kappa shape index (κ2) is 11.0. The van der Waals surface area contributed by atoms with E-state index < -0.39 is 6.17 Å². The van der Waals surface area contributed by atoms with E-state index in [4.69, 9.17) is 5.73 Å². The monoisotopic (exact) mass is 468 g/mol. The van der Waals surface area contributed by atoms with Crippen molar-refractivity contribution in [2.45, 2.75) is 64.3 Å². The molecule has 1 saturated carbocycles. The van der Waals surface area contributed by atoms with Gasteiger partial charge in [-0.05, 0) is 37.5 Å². The van der Waals surface area contributed by atoms with E-state index >= 15 is 0 Å². The van der Waals surface area contributed by atoms with E-state index in [2.05, 4.69) is 28.6 Å². The number of nitrogens with two attached hydrogens (primary N) is 1. The molecular weight excluding hydrogens is 434 g/mol. The molecule has 1 fully saturated rings. The van der Waals surface area contributed by atoms with Crippen molar-refractivity contribution in [2.24, 2.45) is 5.73 Å². The fourth-order valence-corrected chi connectivity index (χ4v) is 4.58. The van der Waals surface area contributed by atoms with Crippen LogP contribution in [-0.2, 0) is 13.1 Å². The first kappa shape index (κ1) is 24.2. The predicted octanol–water partition coefficient (Wildman–Crippen LogP) is 5.10. The highest BCUT2D eigenvalue weighted by Crippen LogP contribution is 2.37. The average Bonchev–Trinajstić information content (AvgIpc) is 3.44. The van der Waals surface area contributed by atoms with Gasteiger partial charge in [0.1, 0.15) is 23.5 Å². The number of rotatable bonds is 5. The summed E-state index contributed by atoms with van der Waals surface area (Å²) in [7, 11) is 1.92. The first-order valence-corrected chi connectivity index (χ1v) is 12.0. The van der Waals surface area contributed by atoms with Crippen molar-refractivity contribution in [1.82, 2.24) is 14.7 Å². The van der Waals surface area contributed by atoms with Crippen LogP contribution in [0.3, 0.4) is 0 Å². The molecule has 8 heteroatoms. The standard InChI is InChI=1S/C18H25F2N3.C8H9N3/c1-3-6-18-22-16-9-12(14(20)10-17(16)23(18)2)11-21-15-8-5-4-7-13(15)19;9-6-7-2-1-4-11-5-3-10-8(7)11/h6,9-10,13,15,21-22H,3-5,7-8,11H2,1-2H3;1-5H,6,9H2/b18-6-;. The number of alkyl halides is 1. The van der Waals surface area contributed by atoms with Crippen molar-refractivity contribution in [3.8, 4) is 0 Å². The fraction of sp³-hybridized carbons (Fsp3) is 0.423. The number of imidazole rings is 1. The normalized spacial score (nSPS) is 20.7. The van der Waals surface area contributed by atoms with Crippen molar-refractivity contribution in [2.75, 3.05) is 17.3 Å². The third-order valence-corrected chi connectivity index (χ3v) is 6.50. The number of nitrogens with zero attached hydrogens (tertiary/aromatic N) is 3. The highest BCUT2D eigenvalue weighted by molar-refractivity contribution is 5.81. The Bertz CT molecular complexity index is 1140. The molecular formula is C26H34F2N6. The number of nitrogens with one attached hydrogen (secondary N) is 2. The lowest BCUT2D eigenvalue weighted by Crippen LogP contribution is -2.39. The minimum Gasteiger partial charge on any atom is -0.340 e. The van der Waals surface area contributed by atoms with E-state index in [1.54, 1.807) is 12.3 Å². The van der Waals surface area contributed by atoms with Gasteiger partial charge in [0.2, 0.25) is 0 Å². The maximum absolute atomic E-state index is 14.4. The maximum Gasteiger partial charge on any atom is 0.141 e. The van der Waals surface area contributed by atoms with Crippen molar-refractivity contribution >= 4 is 17.0 Å². The Hall–Kier alpha value is -2.97. The van der Waals surface area contributed by atoms with Crippen LogP contribution in [0.5, 0.6) is 0 Å². The number of pyridine rings is 1. The summed E-state index contributed by atoms with van der Waals surface area (Å²) in [6.45, 7) is 2.97. The van der Waals surface area contributed by atoms with Gasteiger partial charge in [0.25, 0.3) is 0 Å². The molecule has 182 valence electrons. The molecule has 1 aliphatic heterocycles. The lowest BCUT2D eigenvalue weighted by molar-refractivity contribution is 0.188. The van der Waals surface area contributed by atoms with E-state index in [0.717, 1.165) is 54.1 Å². The van der Waals surface area contributed by atoms with Gasteiger partial charge < -0.3 is 25.7 Å². The van der Waals surface area contributed by atoms with Crippen molar-refractivity contribution in [3.05, 3.63) is 71.7 Å². The number of hydrogen-bond acceptors (Lipinski definition) is 5. The van der Waals surface area contributed by atoms with Crippen molar-refractivity contribution < 1.29 is 8.78 Å². The summed E-state index contributed by atoms with van der Waals surface area (Å²) in [5, 5.41) is 6.51. The van der Waals surface area contributed by atoms with E-state index in [0.29, 0.717) is 25.1 Å². The average molecular weight is 469 g/mol. The second-order valence-corrected chi connectivity index (χ2v) is 8.83. The molecule has 34 heavy (non-hydrogen) atoms. The molecule has 5 rings (SSSR count). The van der Waals surface area contributed by atoms with Crippen LogP contribution in [0.4, 0.5) is 20.2 Å². The van der Waals surface area contributed by atoms with Crippen LogP contribution in [0.2, 0.25) is 0 Å². The zero-order valence-electron chi connectivity index (χ0n) is 19.9. The van der Waals surface area contributed by atoms with Gasteiger partial charge >= 0.3 is 0 Å². The third kappa shape index (κ3) is 5.23. The van der Waals surface area contributed by atoms with Crippen molar-refractivity contribution in [1.29, 1.82) is 0 Å². The molecule has 1 aliphatic carbocycles. The number of benzene rings is 1. The van der Waals surface area contributed by atoms with Gasteiger partial charge in [-0.2, -0.15) is 0 Å². The zero-order chi connectivity index (χ0) is 24.1. The van der Waals surface area contributed by atoms with Crippen LogP contribution < -0.4 is 21.3 Å². The summed E-state index contributed by atoms with van der Waals surface area (Å²) in [6.07, 6.45) is 11.3. The largest absolute Gasteiger partial charge is 0.340 e. The van der Waals surface area contributed by atoms with Crippen LogP contribution in [0, 0.1) is 5.82 Å². The summed E-state index contributed by atoms with van der Waals surface area (Å²) >= 11 is 0. The highest BCUT2D eigenvalue weighted by atomic mass is 19.1. The Balaban J connectivity index is 0.000000207. The quantitative estimate of drug-likeness (QED) is 0.486. The molecule has 2 unspecified atom stereocenters. The molecule has 3 heterocycles. The summed E-state index contributed by atoms with van der Waals surface area (Å²) < 4.78 is 30.2. The van der Waals surface area contributed by atoms with E-state index in [1.807, 2.05) is 46.9 Å². The Morgan fingerprint density at radius 3 is 2.82 bits per heavy atom. The topological polar surface area (TPSA) is 70.6 Å². The Labute approximate surface area is 199 Å². The van der Waals surface area contributed by atoms with Gasteiger partial charge in [-0.3, -0.25) is 0 Å². The minimum absolute atomic E-state index is 0.150. The number of aromatic nitrogens is 2. The molecule has 1 aromatic carbocycles. The summed E-state index contributed by atoms with van der Waals surface area (Å²) in [6, 6.07) is 7.20. The Morgan fingerprint density at radius 2 is 2.06 bits per heavy atom. The number of allylic oxidation sites excluding steroid dienone is 1. The van der Waals surface area contributed by atoms with Gasteiger partial charge in [0.05, 0.1) is 11.4 Å². The molecule has 6 nitrogen and oxygen atoms in total.